The molecule has 6 heteroatoms. The van der Waals surface area contributed by atoms with Crippen LogP contribution in [0.2, 0.25) is 0 Å². The molecule has 16 heavy (non-hydrogen) atoms. The molecule has 90 valence electrons. The predicted octanol–water partition coefficient (Wildman–Crippen LogP) is 0.366. The first-order chi connectivity index (χ1) is 7.50. The van der Waals surface area contributed by atoms with Crippen LogP contribution >= 0.6 is 11.8 Å². The van der Waals surface area contributed by atoms with E-state index in [2.05, 4.69) is 15.6 Å². The Hall–Kier alpha value is -1.04. The SMILES string of the molecule is CC(=O)NC(C(=O)NC1=NCCS1)C(C)C. The average molecular weight is 243 g/mol. The van der Waals surface area contributed by atoms with Crippen LogP contribution in [-0.4, -0.2) is 35.3 Å². The Kier molecular flexibility index (Phi) is 4.79. The zero-order chi connectivity index (χ0) is 12.1. The van der Waals surface area contributed by atoms with Crippen LogP contribution in [0, 0.1) is 5.92 Å². The molecule has 0 aromatic rings. The summed E-state index contributed by atoms with van der Waals surface area (Å²) in [6.45, 7) is 5.94. The van der Waals surface area contributed by atoms with Crippen LogP contribution in [0.15, 0.2) is 4.99 Å². The lowest BCUT2D eigenvalue weighted by molar-refractivity contribution is -0.128. The van der Waals surface area contributed by atoms with Crippen molar-refractivity contribution in [1.82, 2.24) is 10.6 Å². The number of amides is 2. The fourth-order valence-electron chi connectivity index (χ4n) is 1.35. The Morgan fingerprint density at radius 3 is 2.56 bits per heavy atom. The van der Waals surface area contributed by atoms with Gasteiger partial charge in [0, 0.05) is 12.7 Å². The van der Waals surface area contributed by atoms with E-state index in [9.17, 15) is 9.59 Å². The molecule has 0 spiro atoms. The zero-order valence-corrected chi connectivity index (χ0v) is 10.6. The molecule has 1 heterocycles. The molecule has 1 aliphatic heterocycles. The first-order valence-electron chi connectivity index (χ1n) is 5.26. The number of nitrogens with one attached hydrogen (secondary N) is 2. The number of hydrogen-bond acceptors (Lipinski definition) is 4. The van der Waals surface area contributed by atoms with E-state index < -0.39 is 6.04 Å². The van der Waals surface area contributed by atoms with Crippen LogP contribution in [0.4, 0.5) is 0 Å². The monoisotopic (exact) mass is 243 g/mol. The van der Waals surface area contributed by atoms with E-state index in [-0.39, 0.29) is 17.7 Å². The highest BCUT2D eigenvalue weighted by atomic mass is 32.2. The molecule has 2 N–H and O–H groups in total. The highest BCUT2D eigenvalue weighted by molar-refractivity contribution is 8.14. The van der Waals surface area contributed by atoms with Gasteiger partial charge in [0.15, 0.2) is 5.17 Å². The van der Waals surface area contributed by atoms with E-state index >= 15 is 0 Å². The third-order valence-corrected chi connectivity index (χ3v) is 3.01. The number of rotatable bonds is 3. The quantitative estimate of drug-likeness (QED) is 0.752. The summed E-state index contributed by atoms with van der Waals surface area (Å²) in [5.41, 5.74) is 0. The molecule has 0 aromatic heterocycles. The van der Waals surface area contributed by atoms with E-state index in [0.717, 1.165) is 12.3 Å². The van der Waals surface area contributed by atoms with Crippen molar-refractivity contribution < 1.29 is 9.59 Å². The Labute approximate surface area is 99.5 Å². The van der Waals surface area contributed by atoms with Crippen molar-refractivity contribution >= 4 is 28.7 Å². The molecule has 0 aromatic carbocycles. The smallest absolute Gasteiger partial charge is 0.248 e. The number of carbonyl (C=O) groups excluding carboxylic acids is 2. The number of aliphatic imine (C=N–C) groups is 1. The number of thioether (sulfide) groups is 1. The third-order valence-electron chi connectivity index (χ3n) is 2.12. The number of amidine groups is 1. The lowest BCUT2D eigenvalue weighted by Gasteiger charge is -2.20. The summed E-state index contributed by atoms with van der Waals surface area (Å²) in [6, 6.07) is -0.499. The van der Waals surface area contributed by atoms with Gasteiger partial charge in [0.1, 0.15) is 6.04 Å². The summed E-state index contributed by atoms with van der Waals surface area (Å²) in [4.78, 5) is 27.0. The summed E-state index contributed by atoms with van der Waals surface area (Å²) in [6.07, 6.45) is 0. The normalized spacial score (nSPS) is 16.9. The highest BCUT2D eigenvalue weighted by Gasteiger charge is 2.24. The van der Waals surface area contributed by atoms with Gasteiger partial charge in [0.05, 0.1) is 6.54 Å². The van der Waals surface area contributed by atoms with Crippen molar-refractivity contribution in [3.8, 4) is 0 Å². The van der Waals surface area contributed by atoms with Crippen LogP contribution in [0.5, 0.6) is 0 Å². The second kappa shape index (κ2) is 5.89. The summed E-state index contributed by atoms with van der Waals surface area (Å²) in [5, 5.41) is 6.02. The van der Waals surface area contributed by atoms with Crippen molar-refractivity contribution in [1.29, 1.82) is 0 Å². The van der Waals surface area contributed by atoms with E-state index in [1.54, 1.807) is 0 Å². The van der Waals surface area contributed by atoms with Gasteiger partial charge in [-0.25, -0.2) is 0 Å². The van der Waals surface area contributed by atoms with Crippen LogP contribution in [0.3, 0.4) is 0 Å². The van der Waals surface area contributed by atoms with E-state index in [4.69, 9.17) is 0 Å². The Morgan fingerprint density at radius 1 is 1.44 bits per heavy atom. The van der Waals surface area contributed by atoms with Gasteiger partial charge in [-0.1, -0.05) is 25.6 Å². The maximum Gasteiger partial charge on any atom is 0.248 e. The van der Waals surface area contributed by atoms with Gasteiger partial charge in [-0.15, -0.1) is 0 Å². The second-order valence-corrected chi connectivity index (χ2v) is 5.03. The standard InChI is InChI=1S/C10H17N3O2S/c1-6(2)8(12-7(3)14)9(15)13-10-11-4-5-16-10/h6,8H,4-5H2,1-3H3,(H,12,14)(H,11,13,15). The van der Waals surface area contributed by atoms with E-state index in [0.29, 0.717) is 5.17 Å². The molecule has 0 saturated carbocycles. The van der Waals surface area contributed by atoms with Crippen LogP contribution in [0.25, 0.3) is 0 Å². The molecular formula is C10H17N3O2S. The molecule has 1 atom stereocenters. The van der Waals surface area contributed by atoms with Crippen LogP contribution in [0.1, 0.15) is 20.8 Å². The molecule has 1 aliphatic rings. The van der Waals surface area contributed by atoms with E-state index in [1.165, 1.54) is 18.7 Å². The molecule has 5 nitrogen and oxygen atoms in total. The van der Waals surface area contributed by atoms with Crippen molar-refractivity contribution in [3.63, 3.8) is 0 Å². The highest BCUT2D eigenvalue weighted by Crippen LogP contribution is 2.10. The minimum Gasteiger partial charge on any atom is -0.344 e. The summed E-state index contributed by atoms with van der Waals surface area (Å²) in [7, 11) is 0. The van der Waals surface area contributed by atoms with Gasteiger partial charge in [-0.3, -0.25) is 14.6 Å². The van der Waals surface area contributed by atoms with Crippen molar-refractivity contribution in [2.45, 2.75) is 26.8 Å². The van der Waals surface area contributed by atoms with Gasteiger partial charge < -0.3 is 10.6 Å². The van der Waals surface area contributed by atoms with Crippen molar-refractivity contribution in [2.75, 3.05) is 12.3 Å². The maximum absolute atomic E-state index is 11.9. The van der Waals surface area contributed by atoms with Gasteiger partial charge in [-0.05, 0) is 5.92 Å². The topological polar surface area (TPSA) is 70.6 Å². The average Bonchev–Trinajstić information content (AvgIpc) is 2.65. The molecule has 0 fully saturated rings. The second-order valence-electron chi connectivity index (χ2n) is 3.95. The summed E-state index contributed by atoms with van der Waals surface area (Å²) < 4.78 is 0. The lowest BCUT2D eigenvalue weighted by Crippen LogP contribution is -2.50. The van der Waals surface area contributed by atoms with Crippen LogP contribution in [-0.2, 0) is 9.59 Å². The molecule has 1 unspecified atom stereocenters. The molecule has 2 amide bonds. The molecule has 0 radical (unpaired) electrons. The van der Waals surface area contributed by atoms with Gasteiger partial charge >= 0.3 is 0 Å². The minimum atomic E-state index is -0.499. The van der Waals surface area contributed by atoms with Gasteiger partial charge in [0.2, 0.25) is 11.8 Å². The summed E-state index contributed by atoms with van der Waals surface area (Å²) >= 11 is 1.52. The van der Waals surface area contributed by atoms with Crippen molar-refractivity contribution in [3.05, 3.63) is 0 Å². The first-order valence-corrected chi connectivity index (χ1v) is 6.24. The molecule has 0 bridgehead atoms. The maximum atomic E-state index is 11.9. The number of hydrogen-bond donors (Lipinski definition) is 2. The Balaban J connectivity index is 2.56. The minimum absolute atomic E-state index is 0.0518. The van der Waals surface area contributed by atoms with Crippen LogP contribution < -0.4 is 10.6 Å². The fourth-order valence-corrected chi connectivity index (χ4v) is 2.08. The fraction of sp³-hybridized carbons (Fsp3) is 0.700. The van der Waals surface area contributed by atoms with Crippen molar-refractivity contribution in [2.24, 2.45) is 10.9 Å². The van der Waals surface area contributed by atoms with Gasteiger partial charge in [-0.2, -0.15) is 0 Å². The predicted molar refractivity (Wildman–Crippen MR) is 65.3 cm³/mol. The third kappa shape index (κ3) is 3.84. The zero-order valence-electron chi connectivity index (χ0n) is 9.74. The number of carbonyl (C=O) groups is 2. The summed E-state index contributed by atoms with van der Waals surface area (Å²) in [5.74, 6) is 0.561. The largest absolute Gasteiger partial charge is 0.344 e. The molecule has 0 saturated heterocycles. The van der Waals surface area contributed by atoms with E-state index in [1.807, 2.05) is 13.8 Å². The Morgan fingerprint density at radius 2 is 2.12 bits per heavy atom. The molecular weight excluding hydrogens is 226 g/mol. The number of nitrogens with zero attached hydrogens (tertiary/aromatic N) is 1. The first kappa shape index (κ1) is 13.0. The Bertz CT molecular complexity index is 315. The molecule has 0 aliphatic carbocycles. The lowest BCUT2D eigenvalue weighted by atomic mass is 10.0. The van der Waals surface area contributed by atoms with Gasteiger partial charge in [0.25, 0.3) is 0 Å². The molecule has 1 rings (SSSR count).